The van der Waals surface area contributed by atoms with E-state index in [0.717, 1.165) is 54.0 Å². The van der Waals surface area contributed by atoms with Gasteiger partial charge >= 0.3 is 5.97 Å². The van der Waals surface area contributed by atoms with E-state index in [2.05, 4.69) is 44.5 Å². The fourth-order valence-electron chi connectivity index (χ4n) is 4.92. The summed E-state index contributed by atoms with van der Waals surface area (Å²) in [5.41, 5.74) is 2.43. The summed E-state index contributed by atoms with van der Waals surface area (Å²) in [5.74, 6) is 1.40. The molecule has 2 bridgehead atoms. The Hall–Kier alpha value is -2.01. The number of nitrogens with zero attached hydrogens (tertiary/aromatic N) is 1. The third-order valence-electron chi connectivity index (χ3n) is 6.83. The zero-order chi connectivity index (χ0) is 23.3. The highest BCUT2D eigenvalue weighted by molar-refractivity contribution is 5.92. The number of nitrogens with one attached hydrogen (secondary N) is 1. The Balaban J connectivity index is 0.000000432. The van der Waals surface area contributed by atoms with Crippen LogP contribution in [-0.4, -0.2) is 47.2 Å². The Morgan fingerprint density at radius 3 is 2.55 bits per heavy atom. The predicted octanol–water partition coefficient (Wildman–Crippen LogP) is 5.65. The summed E-state index contributed by atoms with van der Waals surface area (Å²) in [7, 11) is 1.48. The van der Waals surface area contributed by atoms with Crippen LogP contribution in [0.4, 0.5) is 0 Å². The molecular weight excluding hydrogens is 388 g/mol. The summed E-state index contributed by atoms with van der Waals surface area (Å²) in [5, 5.41) is 10.9. The van der Waals surface area contributed by atoms with Crippen molar-refractivity contribution < 1.29 is 14.6 Å². The van der Waals surface area contributed by atoms with Gasteiger partial charge < -0.3 is 14.8 Å². The highest BCUT2D eigenvalue weighted by Gasteiger charge is 2.55. The smallest absolute Gasteiger partial charge is 0.319 e. The van der Waals surface area contributed by atoms with E-state index in [4.69, 9.17) is 4.74 Å². The molecule has 1 aromatic carbocycles. The maximum atomic E-state index is 13.0. The van der Waals surface area contributed by atoms with Gasteiger partial charge in [0.05, 0.1) is 7.11 Å². The molecule has 1 saturated heterocycles. The van der Waals surface area contributed by atoms with Gasteiger partial charge in [0, 0.05) is 35.7 Å². The van der Waals surface area contributed by atoms with Crippen LogP contribution in [-0.2, 0) is 21.4 Å². The summed E-state index contributed by atoms with van der Waals surface area (Å²) >= 11 is 0. The van der Waals surface area contributed by atoms with Crippen LogP contribution in [0.1, 0.15) is 72.6 Å². The van der Waals surface area contributed by atoms with Gasteiger partial charge in [0.25, 0.3) is 0 Å². The highest BCUT2D eigenvalue weighted by Crippen LogP contribution is 2.47. The van der Waals surface area contributed by atoms with Gasteiger partial charge in [-0.3, -0.25) is 9.69 Å². The molecule has 0 amide bonds. The average Bonchev–Trinajstić information content (AvgIpc) is 3.10. The first-order valence-corrected chi connectivity index (χ1v) is 11.9. The molecule has 2 aromatic rings. The number of piperidine rings is 1. The lowest BCUT2D eigenvalue weighted by Gasteiger charge is -2.47. The van der Waals surface area contributed by atoms with Gasteiger partial charge in [0.15, 0.2) is 0 Å². The quantitative estimate of drug-likeness (QED) is 0.604. The number of carbonyl (C=O) groups is 1. The predicted molar refractivity (Wildman–Crippen MR) is 129 cm³/mol. The molecule has 5 heteroatoms. The van der Waals surface area contributed by atoms with Gasteiger partial charge in [0.2, 0.25) is 0 Å². The maximum absolute atomic E-state index is 13.0. The number of hydrogen-bond donors (Lipinski definition) is 2. The second-order valence-corrected chi connectivity index (χ2v) is 9.20. The molecule has 2 aliphatic heterocycles. The van der Waals surface area contributed by atoms with Gasteiger partial charge in [-0.25, -0.2) is 0 Å². The van der Waals surface area contributed by atoms with Crippen molar-refractivity contribution in [2.24, 2.45) is 11.8 Å². The number of aromatic nitrogens is 1. The Morgan fingerprint density at radius 2 is 1.97 bits per heavy atom. The minimum absolute atomic E-state index is 0.0871. The number of methoxy groups -OCH3 is 1. The van der Waals surface area contributed by atoms with Crippen LogP contribution >= 0.6 is 0 Å². The summed E-state index contributed by atoms with van der Waals surface area (Å²) in [6.45, 7) is 16.9. The monoisotopic (exact) mass is 430 g/mol. The van der Waals surface area contributed by atoms with Crippen LogP contribution in [0.15, 0.2) is 18.2 Å². The number of carbonyl (C=O) groups excluding carboxylic acids is 1. The molecular formula is C26H42N2O3. The molecule has 0 spiro atoms. The SMILES string of the molecule is CC.CCC(C)C.COC(=O)C12C[C@H](C)CN(CCc3c1[nH]c1ccc(O)cc31)C2C. The molecule has 2 aliphatic rings. The molecule has 0 saturated carbocycles. The topological polar surface area (TPSA) is 65.6 Å². The van der Waals surface area contributed by atoms with E-state index < -0.39 is 5.41 Å². The minimum Gasteiger partial charge on any atom is -0.508 e. The fourth-order valence-corrected chi connectivity index (χ4v) is 4.92. The van der Waals surface area contributed by atoms with Gasteiger partial charge in [-0.05, 0) is 55.4 Å². The van der Waals surface area contributed by atoms with E-state index in [-0.39, 0.29) is 17.8 Å². The number of H-pyrrole nitrogens is 1. The van der Waals surface area contributed by atoms with Crippen LogP contribution in [0.25, 0.3) is 10.9 Å². The Morgan fingerprint density at radius 1 is 1.32 bits per heavy atom. The molecule has 3 heterocycles. The first-order chi connectivity index (χ1) is 14.7. The number of benzene rings is 1. The summed E-state index contributed by atoms with van der Waals surface area (Å²) < 4.78 is 5.28. The largest absolute Gasteiger partial charge is 0.508 e. The zero-order valence-electron chi connectivity index (χ0n) is 20.7. The third-order valence-corrected chi connectivity index (χ3v) is 6.83. The van der Waals surface area contributed by atoms with Gasteiger partial charge in [-0.15, -0.1) is 0 Å². The molecule has 174 valence electrons. The number of rotatable bonds is 2. The normalized spacial score (nSPS) is 26.7. The van der Waals surface area contributed by atoms with Crippen molar-refractivity contribution in [3.63, 3.8) is 0 Å². The number of aromatic amines is 1. The number of hydrogen-bond acceptors (Lipinski definition) is 4. The summed E-state index contributed by atoms with van der Waals surface area (Å²) in [6.07, 6.45) is 2.96. The van der Waals surface area contributed by atoms with Crippen molar-refractivity contribution in [2.45, 2.75) is 79.2 Å². The number of fused-ring (bicyclic) bond motifs is 6. The number of phenols is 1. The molecule has 5 nitrogen and oxygen atoms in total. The van der Waals surface area contributed by atoms with Gasteiger partial charge in [0.1, 0.15) is 11.2 Å². The molecule has 31 heavy (non-hydrogen) atoms. The van der Waals surface area contributed by atoms with E-state index in [1.807, 2.05) is 19.9 Å². The van der Waals surface area contributed by atoms with Gasteiger partial charge in [-0.2, -0.15) is 0 Å². The van der Waals surface area contributed by atoms with Crippen LogP contribution < -0.4 is 0 Å². The van der Waals surface area contributed by atoms with Crippen LogP contribution in [0, 0.1) is 11.8 Å². The Kier molecular flexibility index (Phi) is 8.58. The van der Waals surface area contributed by atoms with Crippen molar-refractivity contribution in [2.75, 3.05) is 20.2 Å². The first-order valence-electron chi connectivity index (χ1n) is 11.9. The molecule has 2 N–H and O–H groups in total. The number of esters is 1. The second kappa shape index (κ2) is 10.5. The van der Waals surface area contributed by atoms with Crippen LogP contribution in [0.3, 0.4) is 0 Å². The first kappa shape index (κ1) is 25.3. The van der Waals surface area contributed by atoms with Crippen molar-refractivity contribution in [1.29, 1.82) is 0 Å². The second-order valence-electron chi connectivity index (χ2n) is 9.20. The summed E-state index contributed by atoms with van der Waals surface area (Å²) in [4.78, 5) is 18.9. The van der Waals surface area contributed by atoms with E-state index in [0.29, 0.717) is 5.92 Å². The lowest BCUT2D eigenvalue weighted by atomic mass is 9.68. The standard InChI is InChI=1S/C19H24N2O3.C5H12.C2H6/c1-11-9-19(18(23)24-3)12(2)21(10-11)7-6-14-15-8-13(22)4-5-16(15)20-17(14)19;1-4-5(2)3;1-2/h4-5,8,11-12,20,22H,6-7,9-10H2,1-3H3;5H,4H2,1-3H3;1-2H3/t11-,12?,19?;;/m0../s1. The molecule has 3 unspecified atom stereocenters. The lowest BCUT2D eigenvalue weighted by Crippen LogP contribution is -2.59. The van der Waals surface area contributed by atoms with E-state index >= 15 is 0 Å². The van der Waals surface area contributed by atoms with Gasteiger partial charge in [-0.1, -0.05) is 48.0 Å². The Labute approximate surface area is 188 Å². The molecule has 4 atom stereocenters. The van der Waals surface area contributed by atoms with E-state index in [9.17, 15) is 9.90 Å². The van der Waals surface area contributed by atoms with Crippen molar-refractivity contribution in [1.82, 2.24) is 9.88 Å². The highest BCUT2D eigenvalue weighted by atomic mass is 16.5. The fraction of sp³-hybridized carbons (Fsp3) is 0.654. The van der Waals surface area contributed by atoms with Crippen LogP contribution in [0.5, 0.6) is 5.75 Å². The summed E-state index contributed by atoms with van der Waals surface area (Å²) in [6, 6.07) is 5.46. The Bertz CT molecular complexity index is 873. The molecule has 4 rings (SSSR count). The third kappa shape index (κ3) is 4.77. The average molecular weight is 431 g/mol. The zero-order valence-corrected chi connectivity index (χ0v) is 20.7. The number of ether oxygens (including phenoxy) is 1. The lowest BCUT2D eigenvalue weighted by molar-refractivity contribution is -0.154. The molecule has 0 radical (unpaired) electrons. The van der Waals surface area contributed by atoms with Crippen molar-refractivity contribution >= 4 is 16.9 Å². The van der Waals surface area contributed by atoms with Crippen LogP contribution in [0.2, 0.25) is 0 Å². The molecule has 0 aliphatic carbocycles. The van der Waals surface area contributed by atoms with Crippen molar-refractivity contribution in [3.8, 4) is 5.75 Å². The number of phenolic OH excluding ortho intramolecular Hbond substituents is 1. The maximum Gasteiger partial charge on any atom is 0.319 e. The molecule has 1 aromatic heterocycles. The van der Waals surface area contributed by atoms with E-state index in [1.165, 1.54) is 13.5 Å². The van der Waals surface area contributed by atoms with Crippen molar-refractivity contribution in [3.05, 3.63) is 29.5 Å². The minimum atomic E-state index is -0.674. The number of aromatic hydroxyl groups is 1. The van der Waals surface area contributed by atoms with E-state index in [1.54, 1.807) is 12.1 Å². The molecule has 1 fully saturated rings.